The van der Waals surface area contributed by atoms with Gasteiger partial charge < -0.3 is 4.98 Å². The third kappa shape index (κ3) is 17.4. The Morgan fingerprint density at radius 2 is 1.68 bits per heavy atom. The van der Waals surface area contributed by atoms with E-state index in [1.165, 1.54) is 24.9 Å². The molecule has 0 fully saturated rings. The molecule has 0 aliphatic carbocycles. The Balaban J connectivity index is 0.000000261. The van der Waals surface area contributed by atoms with Crippen molar-refractivity contribution < 1.29 is 4.57 Å². The van der Waals surface area contributed by atoms with E-state index in [2.05, 4.69) is 53.7 Å². The predicted molar refractivity (Wildman–Crippen MR) is 77.1 cm³/mol. The third-order valence-electron chi connectivity index (χ3n) is 1.14. The summed E-state index contributed by atoms with van der Waals surface area (Å²) >= 11 is 19.2. The van der Waals surface area contributed by atoms with E-state index < -0.39 is 5.20 Å². The number of rotatable bonds is 0. The molecule has 0 aliphatic rings. The number of halogens is 4. The molecular formula is C8H7Cl4N4O2P. The van der Waals surface area contributed by atoms with Gasteiger partial charge in [0.1, 0.15) is 11.5 Å². The maximum Gasteiger partial charge on any atom is 0.339 e. The lowest BCUT2D eigenvalue weighted by molar-refractivity contribution is 0.600. The van der Waals surface area contributed by atoms with Crippen molar-refractivity contribution >= 4 is 50.5 Å². The summed E-state index contributed by atoms with van der Waals surface area (Å²) in [6, 6.07) is 2.99. The smallest absolute Gasteiger partial charge is 0.313 e. The second-order valence-electron chi connectivity index (χ2n) is 2.53. The van der Waals surface area contributed by atoms with Crippen LogP contribution >= 0.6 is 50.5 Å². The van der Waals surface area contributed by atoms with E-state index in [9.17, 15) is 9.36 Å². The fraction of sp³-hybridized carbons (Fsp3) is 0. The lowest BCUT2D eigenvalue weighted by Crippen LogP contribution is -2.00. The van der Waals surface area contributed by atoms with E-state index in [-0.39, 0.29) is 5.56 Å². The second kappa shape index (κ2) is 10.2. The van der Waals surface area contributed by atoms with Gasteiger partial charge in [0.05, 0.1) is 6.33 Å². The van der Waals surface area contributed by atoms with Crippen molar-refractivity contribution in [2.45, 2.75) is 0 Å². The molecule has 2 aromatic rings. The van der Waals surface area contributed by atoms with Crippen molar-refractivity contribution in [1.82, 2.24) is 19.9 Å². The lowest BCUT2D eigenvalue weighted by Gasteiger charge is -1.79. The molecular weight excluding hydrogens is 357 g/mol. The van der Waals surface area contributed by atoms with Gasteiger partial charge in [-0.05, 0) is 39.8 Å². The highest BCUT2D eigenvalue weighted by Crippen LogP contribution is 2.61. The number of hydrogen-bond donors (Lipinski definition) is 1. The van der Waals surface area contributed by atoms with E-state index in [1.54, 1.807) is 12.3 Å². The van der Waals surface area contributed by atoms with Gasteiger partial charge in [-0.15, -0.1) is 0 Å². The van der Waals surface area contributed by atoms with Crippen LogP contribution in [0, 0.1) is 0 Å². The summed E-state index contributed by atoms with van der Waals surface area (Å²) in [5, 5.41) is -2.74. The van der Waals surface area contributed by atoms with Crippen LogP contribution in [0.5, 0.6) is 0 Å². The molecule has 2 heterocycles. The molecule has 2 aromatic heterocycles. The summed E-state index contributed by atoms with van der Waals surface area (Å²) in [6.45, 7) is 0. The molecule has 2 rings (SSSR count). The van der Waals surface area contributed by atoms with Crippen molar-refractivity contribution in [2.75, 3.05) is 0 Å². The summed E-state index contributed by atoms with van der Waals surface area (Å²) in [7, 11) is 0. The Morgan fingerprint density at radius 3 is 1.89 bits per heavy atom. The van der Waals surface area contributed by atoms with Gasteiger partial charge in [-0.1, -0.05) is 11.6 Å². The Morgan fingerprint density at radius 1 is 1.11 bits per heavy atom. The molecule has 11 heteroatoms. The molecule has 19 heavy (non-hydrogen) atoms. The van der Waals surface area contributed by atoms with E-state index in [4.69, 9.17) is 11.6 Å². The molecule has 0 saturated heterocycles. The van der Waals surface area contributed by atoms with E-state index >= 15 is 0 Å². The van der Waals surface area contributed by atoms with Crippen molar-refractivity contribution in [3.63, 3.8) is 0 Å². The van der Waals surface area contributed by atoms with Gasteiger partial charge in [-0.25, -0.2) is 15.0 Å². The first kappa shape index (κ1) is 18.4. The van der Waals surface area contributed by atoms with E-state index in [0.717, 1.165) is 0 Å². The zero-order valence-electron chi connectivity index (χ0n) is 9.08. The summed E-state index contributed by atoms with van der Waals surface area (Å²) in [6.07, 6.45) is 5.79. The second-order valence-corrected chi connectivity index (χ2v) is 9.56. The maximum absolute atomic E-state index is 10.2. The van der Waals surface area contributed by atoms with Crippen molar-refractivity contribution in [3.05, 3.63) is 52.7 Å². The van der Waals surface area contributed by atoms with Crippen LogP contribution in [0.25, 0.3) is 0 Å². The van der Waals surface area contributed by atoms with Crippen molar-refractivity contribution in [2.24, 2.45) is 0 Å². The van der Waals surface area contributed by atoms with Crippen LogP contribution < -0.4 is 5.56 Å². The molecule has 0 saturated carbocycles. The minimum Gasteiger partial charge on any atom is -0.313 e. The molecule has 0 bridgehead atoms. The molecule has 0 radical (unpaired) electrons. The number of aromatic nitrogens is 4. The molecule has 1 N–H and O–H groups in total. The summed E-state index contributed by atoms with van der Waals surface area (Å²) < 4.78 is 9.51. The largest absolute Gasteiger partial charge is 0.339 e. The Kier molecular flexibility index (Phi) is 9.83. The lowest BCUT2D eigenvalue weighted by atomic mass is 10.7. The van der Waals surface area contributed by atoms with Gasteiger partial charge in [0, 0.05) is 18.5 Å². The standard InChI is InChI=1S/C4H3ClN2.C4H4N2O.Cl3OP/c5-4-1-2-6-3-7-4;7-4-1-2-5-3-6-4;1-5(2,3)4/h1-3H;1-3H,(H,5,6,7);. The summed E-state index contributed by atoms with van der Waals surface area (Å²) in [5.41, 5.74) is -0.116. The first-order valence-corrected chi connectivity index (χ1v) is 9.18. The highest BCUT2D eigenvalue weighted by molar-refractivity contribution is 8.24. The van der Waals surface area contributed by atoms with Gasteiger partial charge in [0.2, 0.25) is 0 Å². The fourth-order valence-electron chi connectivity index (χ4n) is 0.577. The summed E-state index contributed by atoms with van der Waals surface area (Å²) in [5.74, 6) is 0. The van der Waals surface area contributed by atoms with Crippen LogP contribution in [0.1, 0.15) is 0 Å². The monoisotopic (exact) mass is 362 g/mol. The average molecular weight is 364 g/mol. The topological polar surface area (TPSA) is 88.6 Å². The third-order valence-corrected chi connectivity index (χ3v) is 1.36. The van der Waals surface area contributed by atoms with E-state index in [1.807, 2.05) is 0 Å². The Bertz CT molecular complexity index is 536. The van der Waals surface area contributed by atoms with Gasteiger partial charge in [0.15, 0.2) is 0 Å². The highest BCUT2D eigenvalue weighted by Gasteiger charge is 2.02. The van der Waals surface area contributed by atoms with Gasteiger partial charge in [-0.2, -0.15) is 0 Å². The van der Waals surface area contributed by atoms with Crippen LogP contribution in [0.4, 0.5) is 0 Å². The minimum atomic E-state index is -3.22. The highest BCUT2D eigenvalue weighted by atomic mass is 36.0. The quantitative estimate of drug-likeness (QED) is 0.569. The van der Waals surface area contributed by atoms with Gasteiger partial charge in [0.25, 0.3) is 5.56 Å². The molecule has 0 amide bonds. The number of aromatic amines is 1. The molecule has 0 aromatic carbocycles. The first-order chi connectivity index (χ1) is 8.79. The number of hydrogen-bond acceptors (Lipinski definition) is 5. The van der Waals surface area contributed by atoms with E-state index in [0.29, 0.717) is 5.15 Å². The van der Waals surface area contributed by atoms with Gasteiger partial charge >= 0.3 is 5.20 Å². The normalized spacial score (nSPS) is 9.47. The maximum atomic E-state index is 10.2. The number of nitrogens with zero attached hydrogens (tertiary/aromatic N) is 3. The van der Waals surface area contributed by atoms with Crippen LogP contribution in [0.3, 0.4) is 0 Å². The van der Waals surface area contributed by atoms with Crippen LogP contribution in [0.15, 0.2) is 42.0 Å². The molecule has 0 aliphatic heterocycles. The Hall–Kier alpha value is -0.650. The molecule has 0 unspecified atom stereocenters. The van der Waals surface area contributed by atoms with Crippen LogP contribution in [0.2, 0.25) is 5.15 Å². The average Bonchev–Trinajstić information content (AvgIpc) is 2.29. The number of H-pyrrole nitrogens is 1. The minimum absolute atomic E-state index is 0.116. The molecule has 6 nitrogen and oxygen atoms in total. The molecule has 104 valence electrons. The SMILES string of the molecule is Clc1ccncn1.O=P(Cl)(Cl)Cl.O=c1ccnc[nH]1. The first-order valence-electron chi connectivity index (χ1n) is 4.38. The molecule has 0 spiro atoms. The molecule has 0 atom stereocenters. The Labute approximate surface area is 127 Å². The fourth-order valence-corrected chi connectivity index (χ4v) is 0.677. The zero-order chi connectivity index (χ0) is 14.7. The summed E-state index contributed by atoms with van der Waals surface area (Å²) in [4.78, 5) is 23.4. The van der Waals surface area contributed by atoms with Crippen molar-refractivity contribution in [3.8, 4) is 0 Å². The predicted octanol–water partition coefficient (Wildman–Crippen LogP) is 3.71. The van der Waals surface area contributed by atoms with Crippen LogP contribution in [-0.2, 0) is 4.57 Å². The van der Waals surface area contributed by atoms with Gasteiger partial charge in [-0.3, -0.25) is 9.36 Å². The van der Waals surface area contributed by atoms with Crippen LogP contribution in [-0.4, -0.2) is 19.9 Å². The number of nitrogens with one attached hydrogen (secondary N) is 1. The zero-order valence-corrected chi connectivity index (χ0v) is 13.0. The van der Waals surface area contributed by atoms with Crippen molar-refractivity contribution in [1.29, 1.82) is 0 Å².